The Morgan fingerprint density at radius 2 is 1.85 bits per heavy atom. The van der Waals surface area contributed by atoms with Gasteiger partial charge < -0.3 is 4.90 Å². The van der Waals surface area contributed by atoms with Crippen molar-refractivity contribution in [1.82, 2.24) is 9.88 Å². The highest BCUT2D eigenvalue weighted by atomic mass is 35.5. The summed E-state index contributed by atoms with van der Waals surface area (Å²) in [6, 6.07) is 6.17. The summed E-state index contributed by atoms with van der Waals surface area (Å²) < 4.78 is 37.4. The van der Waals surface area contributed by atoms with Crippen LogP contribution in [0.3, 0.4) is 0 Å². The van der Waals surface area contributed by atoms with Crippen LogP contribution in [0.2, 0.25) is 15.2 Å². The first-order valence-electron chi connectivity index (χ1n) is 7.13. The van der Waals surface area contributed by atoms with Crippen molar-refractivity contribution in [1.29, 1.82) is 0 Å². The molecule has 0 atom stereocenters. The van der Waals surface area contributed by atoms with Gasteiger partial charge in [-0.25, -0.2) is 9.98 Å². The van der Waals surface area contributed by atoms with Crippen LogP contribution in [0.15, 0.2) is 40.4 Å². The molecular formula is C16H13Cl3F3N3S. The lowest BCUT2D eigenvalue weighted by Crippen LogP contribution is -2.23. The van der Waals surface area contributed by atoms with Crippen molar-refractivity contribution in [3.05, 3.63) is 51.2 Å². The Morgan fingerprint density at radius 1 is 1.15 bits per heavy atom. The lowest BCUT2D eigenvalue weighted by atomic mass is 10.2. The number of rotatable bonds is 4. The Hall–Kier alpha value is -1.15. The molecule has 0 saturated heterocycles. The summed E-state index contributed by atoms with van der Waals surface area (Å²) in [7, 11) is 3.55. The average Bonchev–Trinajstić information content (AvgIpc) is 2.53. The van der Waals surface area contributed by atoms with Crippen LogP contribution in [-0.2, 0) is 0 Å². The van der Waals surface area contributed by atoms with Gasteiger partial charge in [-0.2, -0.15) is 13.2 Å². The van der Waals surface area contributed by atoms with Crippen LogP contribution in [0.1, 0.15) is 5.56 Å². The molecule has 140 valence electrons. The molecule has 26 heavy (non-hydrogen) atoms. The molecule has 1 aromatic heterocycles. The van der Waals surface area contributed by atoms with Crippen LogP contribution in [0.25, 0.3) is 0 Å². The first kappa shape index (κ1) is 21.2. The molecule has 0 amide bonds. The van der Waals surface area contributed by atoms with E-state index in [1.165, 1.54) is 12.1 Å². The number of hydrogen-bond acceptors (Lipinski definition) is 3. The number of amidine groups is 1. The molecule has 0 aliphatic heterocycles. The summed E-state index contributed by atoms with van der Waals surface area (Å²) >= 11 is 18.6. The molecule has 0 radical (unpaired) electrons. The van der Waals surface area contributed by atoms with Gasteiger partial charge in [0.1, 0.15) is 11.0 Å². The molecule has 0 saturated carbocycles. The summed E-state index contributed by atoms with van der Waals surface area (Å²) in [6.07, 6.45) is -2.76. The fourth-order valence-electron chi connectivity index (χ4n) is 1.92. The van der Waals surface area contributed by atoms with E-state index in [0.717, 1.165) is 0 Å². The van der Waals surface area contributed by atoms with Crippen molar-refractivity contribution in [2.45, 2.75) is 11.1 Å². The minimum Gasteiger partial charge on any atom is -0.362 e. The second kappa shape index (κ2) is 8.69. The van der Waals surface area contributed by atoms with Crippen LogP contribution in [0.5, 0.6) is 0 Å². The third kappa shape index (κ3) is 5.94. The molecule has 10 heteroatoms. The third-order valence-electron chi connectivity index (χ3n) is 3.03. The Balaban J connectivity index is 2.44. The zero-order valence-electron chi connectivity index (χ0n) is 13.6. The number of alkyl halides is 3. The van der Waals surface area contributed by atoms with Crippen molar-refractivity contribution >= 4 is 58.1 Å². The van der Waals surface area contributed by atoms with Gasteiger partial charge >= 0.3 is 6.18 Å². The standard InChI is InChI=1S/C16H13Cl3F3N3S/c1-25(2)15(9-3-4-14(19)23-7-9)24-12-6-13(11(18)5-10(12)17)26-8-16(20,21)22/h3-7H,8H2,1-2H3. The largest absolute Gasteiger partial charge is 0.398 e. The number of benzene rings is 1. The van der Waals surface area contributed by atoms with Crippen molar-refractivity contribution in [2.24, 2.45) is 4.99 Å². The summed E-state index contributed by atoms with van der Waals surface area (Å²) in [5, 5.41) is 0.706. The van der Waals surface area contributed by atoms with Gasteiger partial charge in [0.15, 0.2) is 0 Å². The molecule has 3 nitrogen and oxygen atoms in total. The predicted octanol–water partition coefficient (Wildman–Crippen LogP) is 6.34. The second-order valence-electron chi connectivity index (χ2n) is 5.34. The Kier molecular flexibility index (Phi) is 7.07. The maximum Gasteiger partial charge on any atom is 0.398 e. The van der Waals surface area contributed by atoms with E-state index in [1.54, 1.807) is 37.3 Å². The highest BCUT2D eigenvalue weighted by molar-refractivity contribution is 7.99. The summed E-state index contributed by atoms with van der Waals surface area (Å²) in [5.41, 5.74) is 0.981. The van der Waals surface area contributed by atoms with Crippen LogP contribution >= 0.6 is 46.6 Å². The first-order valence-corrected chi connectivity index (χ1v) is 9.25. The van der Waals surface area contributed by atoms with E-state index >= 15 is 0 Å². The van der Waals surface area contributed by atoms with Gasteiger partial charge in [0, 0.05) is 30.8 Å². The van der Waals surface area contributed by atoms with Crippen molar-refractivity contribution in [3.63, 3.8) is 0 Å². The molecule has 2 aromatic rings. The quantitative estimate of drug-likeness (QED) is 0.239. The minimum absolute atomic E-state index is 0.141. The number of pyridine rings is 1. The van der Waals surface area contributed by atoms with Crippen LogP contribution in [0, 0.1) is 0 Å². The lowest BCUT2D eigenvalue weighted by Gasteiger charge is -2.17. The molecule has 0 unspecified atom stereocenters. The molecule has 0 aliphatic rings. The SMILES string of the molecule is CN(C)C(=Nc1cc(SCC(F)(F)F)c(Cl)cc1Cl)c1ccc(Cl)nc1. The van der Waals surface area contributed by atoms with Crippen molar-refractivity contribution < 1.29 is 13.2 Å². The smallest absolute Gasteiger partial charge is 0.362 e. The van der Waals surface area contributed by atoms with Gasteiger partial charge in [0.05, 0.1) is 21.5 Å². The second-order valence-corrected chi connectivity index (χ2v) is 7.56. The maximum absolute atomic E-state index is 12.5. The van der Waals surface area contributed by atoms with Crippen molar-refractivity contribution in [2.75, 3.05) is 19.8 Å². The van der Waals surface area contributed by atoms with Gasteiger partial charge in [-0.3, -0.25) is 0 Å². The van der Waals surface area contributed by atoms with Gasteiger partial charge in [0.2, 0.25) is 0 Å². The Morgan fingerprint density at radius 3 is 2.38 bits per heavy atom. The van der Waals surface area contributed by atoms with E-state index in [4.69, 9.17) is 34.8 Å². The van der Waals surface area contributed by atoms with Crippen LogP contribution in [-0.4, -0.2) is 41.7 Å². The number of aromatic nitrogens is 1. The fraction of sp³-hybridized carbons (Fsp3) is 0.250. The van der Waals surface area contributed by atoms with E-state index in [1.807, 2.05) is 0 Å². The van der Waals surface area contributed by atoms with Crippen LogP contribution < -0.4 is 0 Å². The molecule has 0 bridgehead atoms. The number of hydrogen-bond donors (Lipinski definition) is 0. The number of nitrogens with zero attached hydrogens (tertiary/aromatic N) is 3. The highest BCUT2D eigenvalue weighted by Crippen LogP contribution is 2.38. The van der Waals surface area contributed by atoms with E-state index in [-0.39, 0.29) is 14.9 Å². The van der Waals surface area contributed by atoms with E-state index in [9.17, 15) is 13.2 Å². The van der Waals surface area contributed by atoms with E-state index in [2.05, 4.69) is 9.98 Å². The monoisotopic (exact) mass is 441 g/mol. The molecule has 0 fully saturated rings. The number of halogens is 6. The molecule has 1 heterocycles. The molecule has 2 rings (SSSR count). The van der Waals surface area contributed by atoms with Gasteiger partial charge in [0.25, 0.3) is 0 Å². The molecule has 0 aliphatic carbocycles. The number of aliphatic imine (C=N–C) groups is 1. The molecular weight excluding hydrogens is 430 g/mol. The normalized spacial score (nSPS) is 12.4. The zero-order chi connectivity index (χ0) is 19.5. The molecule has 0 spiro atoms. The average molecular weight is 443 g/mol. The molecule has 0 N–H and O–H groups in total. The first-order chi connectivity index (χ1) is 12.1. The summed E-state index contributed by atoms with van der Waals surface area (Å²) in [5.74, 6) is -0.538. The van der Waals surface area contributed by atoms with Crippen molar-refractivity contribution in [3.8, 4) is 0 Å². The third-order valence-corrected chi connectivity index (χ3v) is 5.10. The minimum atomic E-state index is -4.30. The Labute approximate surface area is 168 Å². The molecule has 1 aromatic carbocycles. The maximum atomic E-state index is 12.5. The van der Waals surface area contributed by atoms with Gasteiger partial charge in [-0.05, 0) is 24.3 Å². The van der Waals surface area contributed by atoms with E-state index < -0.39 is 11.9 Å². The van der Waals surface area contributed by atoms with Crippen LogP contribution in [0.4, 0.5) is 18.9 Å². The predicted molar refractivity (Wildman–Crippen MR) is 102 cm³/mol. The Bertz CT molecular complexity index is 809. The highest BCUT2D eigenvalue weighted by Gasteiger charge is 2.28. The summed E-state index contributed by atoms with van der Waals surface area (Å²) in [6.45, 7) is 0. The number of thioether (sulfide) groups is 1. The van der Waals surface area contributed by atoms with Gasteiger partial charge in [-0.1, -0.05) is 34.8 Å². The fourth-order valence-corrected chi connectivity index (χ4v) is 3.33. The van der Waals surface area contributed by atoms with E-state index in [0.29, 0.717) is 34.0 Å². The lowest BCUT2D eigenvalue weighted by molar-refractivity contribution is -0.105. The topological polar surface area (TPSA) is 28.5 Å². The van der Waals surface area contributed by atoms with Gasteiger partial charge in [-0.15, -0.1) is 11.8 Å². The summed E-state index contributed by atoms with van der Waals surface area (Å²) in [4.78, 5) is 10.5. The zero-order valence-corrected chi connectivity index (χ0v) is 16.7.